The Bertz CT molecular complexity index is 1100. The molecule has 2 atom stereocenters. The smallest absolute Gasteiger partial charge is 0.307 e. The zero-order valence-electron chi connectivity index (χ0n) is 18.7. The maximum Gasteiger partial charge on any atom is 0.307 e. The number of anilines is 1. The van der Waals surface area contributed by atoms with Gasteiger partial charge in [-0.05, 0) is 55.5 Å². The molecule has 0 radical (unpaired) electrons. The summed E-state index contributed by atoms with van der Waals surface area (Å²) in [6.45, 7) is 8.21. The average Bonchev–Trinajstić information content (AvgIpc) is 3.09. The van der Waals surface area contributed by atoms with Gasteiger partial charge in [0, 0.05) is 10.7 Å². The first-order valence-corrected chi connectivity index (χ1v) is 11.2. The summed E-state index contributed by atoms with van der Waals surface area (Å²) in [4.78, 5) is 28.3. The van der Waals surface area contributed by atoms with E-state index in [1.807, 2.05) is 43.5 Å². The second-order valence-corrected chi connectivity index (χ2v) is 9.23. The van der Waals surface area contributed by atoms with Crippen LogP contribution in [0.2, 0.25) is 5.02 Å². The van der Waals surface area contributed by atoms with E-state index >= 15 is 0 Å². The minimum Gasteiger partial charge on any atom is -0.465 e. The van der Waals surface area contributed by atoms with Gasteiger partial charge >= 0.3 is 5.97 Å². The third-order valence-electron chi connectivity index (χ3n) is 5.62. The molecule has 4 rings (SSSR count). The molecule has 7 nitrogen and oxygen atoms in total. The second-order valence-electron chi connectivity index (χ2n) is 8.80. The van der Waals surface area contributed by atoms with Crippen LogP contribution in [0.15, 0.2) is 42.1 Å². The second kappa shape index (κ2) is 8.90. The first kappa shape index (κ1) is 22.3. The van der Waals surface area contributed by atoms with E-state index in [2.05, 4.69) is 23.2 Å². The number of amides is 1. The number of aryl methyl sites for hydroxylation is 1. The molecule has 0 spiro atoms. The first-order valence-electron chi connectivity index (χ1n) is 10.8. The normalized spacial score (nSPS) is 20.3. The summed E-state index contributed by atoms with van der Waals surface area (Å²) in [5.41, 5.74) is 2.41. The molecule has 1 aromatic heterocycles. The standard InChI is InChI=1S/C24H27ClN4O3/c1-14(2)13-32-22(30)12-19-23-27-26-16(4)28(23)20-10-5-15(3)11-21(20)29(24(19)31)18-8-6-17(25)7-9-18/h5-10,14-15,19H,11-13H2,1-4H3. The van der Waals surface area contributed by atoms with Crippen LogP contribution >= 0.6 is 11.6 Å². The summed E-state index contributed by atoms with van der Waals surface area (Å²) in [6, 6.07) is 7.16. The number of carbonyl (C=O) groups excluding carboxylic acids is 2. The lowest BCUT2D eigenvalue weighted by atomic mass is 9.96. The van der Waals surface area contributed by atoms with Gasteiger partial charge in [-0.3, -0.25) is 19.1 Å². The molecule has 1 aromatic carbocycles. The van der Waals surface area contributed by atoms with Crippen LogP contribution in [0.4, 0.5) is 5.69 Å². The van der Waals surface area contributed by atoms with Crippen molar-refractivity contribution >= 4 is 34.9 Å². The highest BCUT2D eigenvalue weighted by Gasteiger charge is 2.40. The number of benzene rings is 1. The summed E-state index contributed by atoms with van der Waals surface area (Å²) >= 11 is 6.10. The number of fused-ring (bicyclic) bond motifs is 2. The zero-order chi connectivity index (χ0) is 23.0. The number of ether oxygens (including phenoxy) is 1. The number of hydrogen-bond donors (Lipinski definition) is 0. The van der Waals surface area contributed by atoms with Crippen molar-refractivity contribution < 1.29 is 14.3 Å². The Morgan fingerprint density at radius 3 is 2.66 bits per heavy atom. The van der Waals surface area contributed by atoms with Crippen LogP contribution in [-0.2, 0) is 14.3 Å². The predicted octanol–water partition coefficient (Wildman–Crippen LogP) is 4.72. The van der Waals surface area contributed by atoms with Crippen LogP contribution in [-0.4, -0.2) is 33.2 Å². The highest BCUT2D eigenvalue weighted by molar-refractivity contribution is 6.30. The minimum atomic E-state index is -0.819. The van der Waals surface area contributed by atoms with Crippen molar-refractivity contribution in [1.29, 1.82) is 0 Å². The molecule has 2 aliphatic rings. The molecule has 32 heavy (non-hydrogen) atoms. The van der Waals surface area contributed by atoms with E-state index in [0.29, 0.717) is 35.4 Å². The SMILES string of the molecule is Cc1nnc2n1C1=C(CC(C)C=C1)N(c1ccc(Cl)cc1)C(=O)C2CC(=O)OCC(C)C. The molecular formula is C24H27ClN4O3. The number of carbonyl (C=O) groups is 2. The fraction of sp³-hybridized carbons (Fsp3) is 0.417. The number of allylic oxidation sites excluding steroid dienone is 4. The van der Waals surface area contributed by atoms with Crippen molar-refractivity contribution in [1.82, 2.24) is 14.8 Å². The van der Waals surface area contributed by atoms with Gasteiger partial charge in [0.2, 0.25) is 5.91 Å². The summed E-state index contributed by atoms with van der Waals surface area (Å²) in [7, 11) is 0. The number of halogens is 1. The van der Waals surface area contributed by atoms with Crippen molar-refractivity contribution in [2.75, 3.05) is 11.5 Å². The van der Waals surface area contributed by atoms with Crippen molar-refractivity contribution in [2.45, 2.75) is 46.5 Å². The number of hydrogen-bond acceptors (Lipinski definition) is 5. The molecule has 1 aliphatic heterocycles. The molecule has 1 aliphatic carbocycles. The molecule has 2 unspecified atom stereocenters. The lowest BCUT2D eigenvalue weighted by Crippen LogP contribution is -2.36. The van der Waals surface area contributed by atoms with E-state index in [1.54, 1.807) is 17.0 Å². The maximum atomic E-state index is 14.0. The van der Waals surface area contributed by atoms with E-state index in [9.17, 15) is 9.59 Å². The Morgan fingerprint density at radius 2 is 1.97 bits per heavy atom. The quantitative estimate of drug-likeness (QED) is 0.610. The Kier molecular flexibility index (Phi) is 6.20. The van der Waals surface area contributed by atoms with Gasteiger partial charge in [-0.2, -0.15) is 0 Å². The number of aromatic nitrogens is 3. The lowest BCUT2D eigenvalue weighted by Gasteiger charge is -2.30. The molecule has 2 heterocycles. The number of nitrogens with zero attached hydrogens (tertiary/aromatic N) is 4. The minimum absolute atomic E-state index is 0.104. The maximum absolute atomic E-state index is 14.0. The van der Waals surface area contributed by atoms with Gasteiger partial charge in [0.1, 0.15) is 11.7 Å². The Hall–Kier alpha value is -2.93. The molecule has 8 heteroatoms. The van der Waals surface area contributed by atoms with E-state index in [1.165, 1.54) is 0 Å². The summed E-state index contributed by atoms with van der Waals surface area (Å²) in [5.74, 6) is 0.111. The van der Waals surface area contributed by atoms with Crippen LogP contribution in [0.25, 0.3) is 5.70 Å². The number of esters is 1. The van der Waals surface area contributed by atoms with Gasteiger partial charge in [0.25, 0.3) is 0 Å². The highest BCUT2D eigenvalue weighted by atomic mass is 35.5. The van der Waals surface area contributed by atoms with Gasteiger partial charge in [0.05, 0.1) is 24.4 Å². The van der Waals surface area contributed by atoms with Gasteiger partial charge < -0.3 is 4.74 Å². The van der Waals surface area contributed by atoms with Gasteiger partial charge in [0.15, 0.2) is 5.82 Å². The number of rotatable bonds is 5. The van der Waals surface area contributed by atoms with Crippen LogP contribution < -0.4 is 4.90 Å². The summed E-state index contributed by atoms with van der Waals surface area (Å²) in [5, 5.41) is 9.13. The molecule has 168 valence electrons. The fourth-order valence-electron chi connectivity index (χ4n) is 4.08. The van der Waals surface area contributed by atoms with Crippen molar-refractivity contribution in [2.24, 2.45) is 11.8 Å². The Morgan fingerprint density at radius 1 is 1.25 bits per heavy atom. The van der Waals surface area contributed by atoms with Crippen LogP contribution in [0.3, 0.4) is 0 Å². The third kappa shape index (κ3) is 4.21. The van der Waals surface area contributed by atoms with Gasteiger partial charge in [-0.15, -0.1) is 10.2 Å². The third-order valence-corrected chi connectivity index (χ3v) is 5.87. The summed E-state index contributed by atoms with van der Waals surface area (Å²) < 4.78 is 7.29. The molecule has 0 bridgehead atoms. The predicted molar refractivity (Wildman–Crippen MR) is 123 cm³/mol. The van der Waals surface area contributed by atoms with E-state index in [0.717, 1.165) is 11.4 Å². The molecule has 1 amide bonds. The molecular weight excluding hydrogens is 428 g/mol. The van der Waals surface area contributed by atoms with Crippen LogP contribution in [0.5, 0.6) is 0 Å². The highest BCUT2D eigenvalue weighted by Crippen LogP contribution is 2.40. The largest absolute Gasteiger partial charge is 0.465 e. The van der Waals surface area contributed by atoms with Gasteiger partial charge in [-0.1, -0.05) is 38.4 Å². The van der Waals surface area contributed by atoms with Crippen molar-refractivity contribution in [3.63, 3.8) is 0 Å². The first-order chi connectivity index (χ1) is 15.3. The van der Waals surface area contributed by atoms with E-state index in [-0.39, 0.29) is 24.2 Å². The van der Waals surface area contributed by atoms with E-state index < -0.39 is 11.9 Å². The molecule has 0 saturated carbocycles. The fourth-order valence-corrected chi connectivity index (χ4v) is 4.20. The molecule has 2 aromatic rings. The molecule has 0 fully saturated rings. The Balaban J connectivity index is 1.83. The van der Waals surface area contributed by atoms with Crippen molar-refractivity contribution in [3.8, 4) is 0 Å². The monoisotopic (exact) mass is 454 g/mol. The topological polar surface area (TPSA) is 77.3 Å². The van der Waals surface area contributed by atoms with E-state index in [4.69, 9.17) is 16.3 Å². The summed E-state index contributed by atoms with van der Waals surface area (Å²) in [6.07, 6.45) is 4.69. The van der Waals surface area contributed by atoms with Crippen LogP contribution in [0, 0.1) is 18.8 Å². The average molecular weight is 455 g/mol. The van der Waals surface area contributed by atoms with Gasteiger partial charge in [-0.25, -0.2) is 0 Å². The zero-order valence-corrected chi connectivity index (χ0v) is 19.5. The molecule has 0 N–H and O–H groups in total. The lowest BCUT2D eigenvalue weighted by molar-refractivity contribution is -0.146. The van der Waals surface area contributed by atoms with Crippen molar-refractivity contribution in [3.05, 3.63) is 58.8 Å². The Labute approximate surface area is 192 Å². The van der Waals surface area contributed by atoms with Crippen LogP contribution in [0.1, 0.15) is 51.2 Å². The molecule has 0 saturated heterocycles.